The zero-order valence-electron chi connectivity index (χ0n) is 8.33. The van der Waals surface area contributed by atoms with E-state index in [1.807, 2.05) is 17.8 Å². The third-order valence-corrected chi connectivity index (χ3v) is 3.86. The Hall–Kier alpha value is -1.10. The maximum absolute atomic E-state index is 4.24. The van der Waals surface area contributed by atoms with Gasteiger partial charge in [-0.1, -0.05) is 5.21 Å². The molecule has 1 aliphatic heterocycles. The van der Waals surface area contributed by atoms with Gasteiger partial charge in [0.25, 0.3) is 0 Å². The molecule has 3 rings (SSSR count). The number of thioether (sulfide) groups is 1. The first kappa shape index (κ1) is 9.15. The summed E-state index contributed by atoms with van der Waals surface area (Å²) in [7, 11) is 0. The molecule has 0 radical (unpaired) electrons. The molecular formula is C10H12N4S. The molecule has 0 saturated carbocycles. The predicted octanol–water partition coefficient (Wildman–Crippen LogP) is 1.89. The molecule has 15 heavy (non-hydrogen) atoms. The quantitative estimate of drug-likeness (QED) is 0.736. The lowest BCUT2D eigenvalue weighted by Gasteiger charge is -2.21. The summed E-state index contributed by atoms with van der Waals surface area (Å²) < 4.78 is 2.07. The Morgan fingerprint density at radius 3 is 3.07 bits per heavy atom. The molecule has 0 bridgehead atoms. The third kappa shape index (κ3) is 1.61. The van der Waals surface area contributed by atoms with Crippen LogP contribution in [-0.2, 0) is 0 Å². The molecule has 1 saturated heterocycles. The predicted molar refractivity (Wildman–Crippen MR) is 60.9 cm³/mol. The standard InChI is InChI=1S/C10H12N4S/c1-4-11-7-9-10(1)14(13-12-9)8-2-5-15-6-3-8/h1,4,7-8H,2-3,5-6H2. The third-order valence-electron chi connectivity index (χ3n) is 2.81. The number of hydrogen-bond donors (Lipinski definition) is 0. The highest BCUT2D eigenvalue weighted by Crippen LogP contribution is 2.28. The molecule has 0 amide bonds. The molecule has 1 aliphatic rings. The normalized spacial score (nSPS) is 18.4. The van der Waals surface area contributed by atoms with Gasteiger partial charge in [-0.3, -0.25) is 4.98 Å². The summed E-state index contributed by atoms with van der Waals surface area (Å²) in [5, 5.41) is 8.37. The summed E-state index contributed by atoms with van der Waals surface area (Å²) in [5.74, 6) is 2.47. The molecule has 0 aliphatic carbocycles. The van der Waals surface area contributed by atoms with Gasteiger partial charge in [0.15, 0.2) is 0 Å². The molecule has 3 heterocycles. The Kier molecular flexibility index (Phi) is 2.32. The summed E-state index contributed by atoms with van der Waals surface area (Å²) >= 11 is 2.03. The first-order valence-corrected chi connectivity index (χ1v) is 6.33. The second-order valence-corrected chi connectivity index (χ2v) is 4.97. The fourth-order valence-electron chi connectivity index (χ4n) is 1.99. The molecule has 0 unspecified atom stereocenters. The molecule has 78 valence electrons. The van der Waals surface area contributed by atoms with E-state index >= 15 is 0 Å². The van der Waals surface area contributed by atoms with Crippen molar-refractivity contribution in [3.63, 3.8) is 0 Å². The van der Waals surface area contributed by atoms with E-state index in [1.165, 1.54) is 24.3 Å². The highest BCUT2D eigenvalue weighted by atomic mass is 32.2. The summed E-state index contributed by atoms with van der Waals surface area (Å²) in [6, 6.07) is 2.52. The molecule has 2 aromatic heterocycles. The maximum atomic E-state index is 4.24. The van der Waals surface area contributed by atoms with Gasteiger partial charge in [-0.2, -0.15) is 11.8 Å². The van der Waals surface area contributed by atoms with Gasteiger partial charge in [0.1, 0.15) is 5.52 Å². The van der Waals surface area contributed by atoms with Crippen LogP contribution >= 0.6 is 11.8 Å². The summed E-state index contributed by atoms with van der Waals surface area (Å²) in [5.41, 5.74) is 2.01. The number of fused-ring (bicyclic) bond motifs is 1. The summed E-state index contributed by atoms with van der Waals surface area (Å²) in [6.07, 6.45) is 5.98. The molecule has 4 nitrogen and oxygen atoms in total. The topological polar surface area (TPSA) is 43.6 Å². The van der Waals surface area contributed by atoms with Crippen molar-refractivity contribution >= 4 is 22.8 Å². The lowest BCUT2D eigenvalue weighted by molar-refractivity contribution is 0.428. The Balaban J connectivity index is 2.02. The van der Waals surface area contributed by atoms with Crippen LogP contribution in [0.1, 0.15) is 18.9 Å². The van der Waals surface area contributed by atoms with Gasteiger partial charge in [-0.15, -0.1) is 5.10 Å². The van der Waals surface area contributed by atoms with Crippen molar-refractivity contribution in [2.75, 3.05) is 11.5 Å². The minimum atomic E-state index is 0.527. The monoisotopic (exact) mass is 220 g/mol. The highest BCUT2D eigenvalue weighted by Gasteiger charge is 2.18. The van der Waals surface area contributed by atoms with E-state index in [4.69, 9.17) is 0 Å². The van der Waals surface area contributed by atoms with Crippen LogP contribution < -0.4 is 0 Å². The highest BCUT2D eigenvalue weighted by molar-refractivity contribution is 7.99. The average molecular weight is 220 g/mol. The zero-order chi connectivity index (χ0) is 10.1. The molecule has 5 heteroatoms. The summed E-state index contributed by atoms with van der Waals surface area (Å²) in [6.45, 7) is 0. The number of rotatable bonds is 1. The van der Waals surface area contributed by atoms with E-state index in [9.17, 15) is 0 Å². The first-order chi connectivity index (χ1) is 7.45. The van der Waals surface area contributed by atoms with Crippen LogP contribution in [0.3, 0.4) is 0 Å². The number of pyridine rings is 1. The zero-order valence-corrected chi connectivity index (χ0v) is 9.15. The van der Waals surface area contributed by atoms with Gasteiger partial charge >= 0.3 is 0 Å². The van der Waals surface area contributed by atoms with Crippen molar-refractivity contribution in [2.45, 2.75) is 18.9 Å². The van der Waals surface area contributed by atoms with E-state index in [-0.39, 0.29) is 0 Å². The van der Waals surface area contributed by atoms with Gasteiger partial charge in [-0.25, -0.2) is 4.68 Å². The van der Waals surface area contributed by atoms with E-state index in [0.29, 0.717) is 6.04 Å². The van der Waals surface area contributed by atoms with Gasteiger partial charge < -0.3 is 0 Å². The van der Waals surface area contributed by atoms with Crippen LogP contribution in [-0.4, -0.2) is 31.5 Å². The Bertz CT molecular complexity index is 461. The van der Waals surface area contributed by atoms with Gasteiger partial charge in [0, 0.05) is 6.20 Å². The summed E-state index contributed by atoms with van der Waals surface area (Å²) in [4.78, 5) is 4.05. The largest absolute Gasteiger partial charge is 0.262 e. The molecule has 2 aromatic rings. The SMILES string of the molecule is c1cc2c(cn1)nnn2C1CCSCC1. The van der Waals surface area contributed by atoms with Crippen LogP contribution in [0.2, 0.25) is 0 Å². The van der Waals surface area contributed by atoms with Gasteiger partial charge in [0.05, 0.1) is 17.8 Å². The van der Waals surface area contributed by atoms with Crippen LogP contribution in [0.15, 0.2) is 18.5 Å². The smallest absolute Gasteiger partial charge is 0.131 e. The van der Waals surface area contributed by atoms with Crippen molar-refractivity contribution in [1.82, 2.24) is 20.0 Å². The minimum absolute atomic E-state index is 0.527. The Morgan fingerprint density at radius 2 is 2.20 bits per heavy atom. The minimum Gasteiger partial charge on any atom is -0.262 e. The van der Waals surface area contributed by atoms with Crippen molar-refractivity contribution < 1.29 is 0 Å². The van der Waals surface area contributed by atoms with Crippen molar-refractivity contribution in [1.29, 1.82) is 0 Å². The second-order valence-electron chi connectivity index (χ2n) is 3.74. The number of hydrogen-bond acceptors (Lipinski definition) is 4. The fraction of sp³-hybridized carbons (Fsp3) is 0.500. The molecule has 0 spiro atoms. The molecule has 0 atom stereocenters. The molecule has 1 fully saturated rings. The maximum Gasteiger partial charge on any atom is 0.131 e. The molecule has 0 N–H and O–H groups in total. The van der Waals surface area contributed by atoms with Gasteiger partial charge in [-0.05, 0) is 30.4 Å². The van der Waals surface area contributed by atoms with Crippen molar-refractivity contribution in [3.05, 3.63) is 18.5 Å². The van der Waals surface area contributed by atoms with Crippen LogP contribution in [0.25, 0.3) is 11.0 Å². The lowest BCUT2D eigenvalue weighted by Crippen LogP contribution is -2.16. The van der Waals surface area contributed by atoms with Crippen LogP contribution in [0, 0.1) is 0 Å². The van der Waals surface area contributed by atoms with E-state index in [2.05, 4.69) is 20.0 Å². The first-order valence-electron chi connectivity index (χ1n) is 5.18. The van der Waals surface area contributed by atoms with Crippen LogP contribution in [0.5, 0.6) is 0 Å². The van der Waals surface area contributed by atoms with Crippen molar-refractivity contribution in [2.24, 2.45) is 0 Å². The lowest BCUT2D eigenvalue weighted by atomic mass is 10.1. The van der Waals surface area contributed by atoms with E-state index < -0.39 is 0 Å². The Labute approximate surface area is 92.1 Å². The van der Waals surface area contributed by atoms with Crippen molar-refractivity contribution in [3.8, 4) is 0 Å². The second kappa shape index (κ2) is 3.81. The van der Waals surface area contributed by atoms with E-state index in [1.54, 1.807) is 12.4 Å². The average Bonchev–Trinajstić information content (AvgIpc) is 2.74. The molecule has 0 aromatic carbocycles. The number of aromatic nitrogens is 4. The van der Waals surface area contributed by atoms with Crippen LogP contribution in [0.4, 0.5) is 0 Å². The Morgan fingerprint density at radius 1 is 1.33 bits per heavy atom. The van der Waals surface area contributed by atoms with Gasteiger partial charge in [0.2, 0.25) is 0 Å². The molecular weight excluding hydrogens is 208 g/mol. The van der Waals surface area contributed by atoms with E-state index in [0.717, 1.165) is 11.0 Å². The fourth-order valence-corrected chi connectivity index (χ4v) is 3.08. The number of nitrogens with zero attached hydrogens (tertiary/aromatic N) is 4.